The minimum Gasteiger partial charge on any atom is -0.492 e. The number of ether oxygens (including phenoxy) is 1. The minimum absolute atomic E-state index is 0.0613. The Labute approximate surface area is 184 Å². The largest absolute Gasteiger partial charge is 0.492 e. The Bertz CT molecular complexity index is 997. The molecule has 9 nitrogen and oxygen atoms in total. The van der Waals surface area contributed by atoms with Gasteiger partial charge in [0.05, 0.1) is 24.2 Å². The Balaban J connectivity index is 0.000000501. The van der Waals surface area contributed by atoms with Crippen LogP contribution in [0.15, 0.2) is 48.5 Å². The molecule has 3 N–H and O–H groups in total. The number of hydrogen-bond acceptors (Lipinski definition) is 6. The Hall–Kier alpha value is -3.14. The average molecular weight is 450 g/mol. The summed E-state index contributed by atoms with van der Waals surface area (Å²) >= 11 is 6.10. The fraction of sp³-hybridized carbons (Fsp3) is 0.286. The molecule has 31 heavy (non-hydrogen) atoms. The zero-order chi connectivity index (χ0) is 22.8. The van der Waals surface area contributed by atoms with E-state index in [4.69, 9.17) is 36.1 Å². The van der Waals surface area contributed by atoms with Crippen LogP contribution in [-0.2, 0) is 22.7 Å². The number of nitrogens with zero attached hydrogens (tertiary/aromatic N) is 3. The number of benzene rings is 2. The molecule has 0 bridgehead atoms. The number of hydrogen-bond donors (Lipinski definition) is 3. The van der Waals surface area contributed by atoms with Crippen molar-refractivity contribution in [1.82, 2.24) is 14.5 Å². The molecular weight excluding hydrogens is 426 g/mol. The number of fused-ring (bicyclic) bond motifs is 1. The van der Waals surface area contributed by atoms with E-state index in [0.717, 1.165) is 29.2 Å². The Morgan fingerprint density at radius 1 is 1.13 bits per heavy atom. The lowest BCUT2D eigenvalue weighted by atomic mass is 10.3. The van der Waals surface area contributed by atoms with Crippen LogP contribution in [0.2, 0.25) is 5.02 Å². The van der Waals surface area contributed by atoms with Crippen molar-refractivity contribution in [2.24, 2.45) is 0 Å². The Morgan fingerprint density at radius 3 is 2.42 bits per heavy atom. The molecule has 0 aliphatic heterocycles. The lowest BCUT2D eigenvalue weighted by molar-refractivity contribution is -0.159. The molecule has 0 unspecified atom stereocenters. The first-order valence-electron chi connectivity index (χ1n) is 9.40. The summed E-state index contributed by atoms with van der Waals surface area (Å²) in [5.41, 5.74) is 1.84. The molecule has 0 saturated carbocycles. The predicted octanol–water partition coefficient (Wildman–Crippen LogP) is 2.35. The van der Waals surface area contributed by atoms with Crippen LogP contribution in [0.4, 0.5) is 0 Å². The monoisotopic (exact) mass is 449 g/mol. The molecule has 0 fully saturated rings. The molecule has 3 rings (SSSR count). The van der Waals surface area contributed by atoms with Crippen LogP contribution in [0, 0.1) is 0 Å². The van der Waals surface area contributed by atoms with Crippen LogP contribution in [0.5, 0.6) is 5.75 Å². The molecule has 1 aromatic heterocycles. The first-order chi connectivity index (χ1) is 14.8. The number of aliphatic hydroxyl groups excluding tert-OH is 1. The van der Waals surface area contributed by atoms with Crippen LogP contribution >= 0.6 is 11.6 Å². The molecular formula is C21H24ClN3O6. The molecule has 3 aromatic rings. The molecule has 1 heterocycles. The number of imidazole rings is 1. The normalized spacial score (nSPS) is 10.6. The van der Waals surface area contributed by atoms with Gasteiger partial charge < -0.3 is 24.6 Å². The number of aliphatic hydroxyl groups is 1. The lowest BCUT2D eigenvalue weighted by Crippen LogP contribution is -2.25. The molecule has 10 heteroatoms. The molecule has 0 aliphatic rings. The summed E-state index contributed by atoms with van der Waals surface area (Å²) in [5.74, 6) is -1.86. The van der Waals surface area contributed by atoms with Gasteiger partial charge in [-0.3, -0.25) is 4.90 Å². The van der Waals surface area contributed by atoms with E-state index in [1.807, 2.05) is 60.1 Å². The number of rotatable bonds is 8. The number of carboxylic acids is 2. The highest BCUT2D eigenvalue weighted by atomic mass is 35.5. The quantitative estimate of drug-likeness (QED) is 0.447. The molecule has 0 aliphatic carbocycles. The Morgan fingerprint density at radius 2 is 1.81 bits per heavy atom. The first kappa shape index (κ1) is 24.1. The maximum absolute atomic E-state index is 9.38. The summed E-state index contributed by atoms with van der Waals surface area (Å²) in [6, 6.07) is 15.4. The molecule has 0 saturated heterocycles. The van der Waals surface area contributed by atoms with Gasteiger partial charge in [0.2, 0.25) is 0 Å². The van der Waals surface area contributed by atoms with Crippen LogP contribution < -0.4 is 4.74 Å². The third-order valence-corrected chi connectivity index (χ3v) is 4.43. The van der Waals surface area contributed by atoms with E-state index >= 15 is 0 Å². The summed E-state index contributed by atoms with van der Waals surface area (Å²) in [6.45, 7) is 2.61. The van der Waals surface area contributed by atoms with Crippen molar-refractivity contribution in [3.8, 4) is 5.75 Å². The second-order valence-electron chi connectivity index (χ2n) is 6.55. The van der Waals surface area contributed by atoms with E-state index in [1.165, 1.54) is 0 Å². The van der Waals surface area contributed by atoms with Crippen LogP contribution in [0.1, 0.15) is 5.82 Å². The highest BCUT2D eigenvalue weighted by Gasteiger charge is 2.13. The summed E-state index contributed by atoms with van der Waals surface area (Å²) in [5, 5.41) is 24.8. The van der Waals surface area contributed by atoms with Gasteiger partial charge in [-0.15, -0.1) is 0 Å². The molecule has 166 valence electrons. The number of carbonyl (C=O) groups is 2. The van der Waals surface area contributed by atoms with Gasteiger partial charge in [-0.05, 0) is 37.4 Å². The number of aromatic nitrogens is 2. The Kier molecular flexibility index (Phi) is 9.26. The number of aliphatic carboxylic acids is 2. The van der Waals surface area contributed by atoms with Crippen LogP contribution in [-0.4, -0.2) is 68.5 Å². The van der Waals surface area contributed by atoms with E-state index in [0.29, 0.717) is 24.7 Å². The van der Waals surface area contributed by atoms with Gasteiger partial charge >= 0.3 is 11.9 Å². The van der Waals surface area contributed by atoms with Crippen molar-refractivity contribution in [1.29, 1.82) is 0 Å². The number of para-hydroxylation sites is 1. The van der Waals surface area contributed by atoms with Crippen LogP contribution in [0.25, 0.3) is 11.0 Å². The number of carboxylic acid groups (broad SMARTS) is 2. The standard InChI is InChI=1S/C19H22ClN3O2.C2H2O4/c1-22(10-12-25-16-5-3-2-4-6-16)14-19-21-17-8-7-15(20)13-18(17)23(19)9-11-24;3-1(4)2(5)6/h2-8,13,24H,9-12,14H2,1H3;(H,3,4)(H,5,6). The third-order valence-electron chi connectivity index (χ3n) is 4.19. The zero-order valence-electron chi connectivity index (χ0n) is 16.9. The average Bonchev–Trinajstić information content (AvgIpc) is 3.06. The zero-order valence-corrected chi connectivity index (χ0v) is 17.7. The van der Waals surface area contributed by atoms with Gasteiger partial charge in [-0.2, -0.15) is 0 Å². The van der Waals surface area contributed by atoms with Crippen molar-refractivity contribution in [2.45, 2.75) is 13.1 Å². The molecule has 0 amide bonds. The molecule has 2 aromatic carbocycles. The van der Waals surface area contributed by atoms with Crippen molar-refractivity contribution in [3.63, 3.8) is 0 Å². The van der Waals surface area contributed by atoms with Gasteiger partial charge in [0, 0.05) is 18.1 Å². The SMILES string of the molecule is CN(CCOc1ccccc1)Cc1nc2ccc(Cl)cc2n1CCO.O=C(O)C(=O)O. The maximum atomic E-state index is 9.38. The van der Waals surface area contributed by atoms with Gasteiger partial charge in [0.1, 0.15) is 18.2 Å². The minimum atomic E-state index is -1.82. The van der Waals surface area contributed by atoms with Gasteiger partial charge in [-0.25, -0.2) is 14.6 Å². The first-order valence-corrected chi connectivity index (χ1v) is 9.77. The van der Waals surface area contributed by atoms with E-state index in [9.17, 15) is 5.11 Å². The molecule has 0 atom stereocenters. The van der Waals surface area contributed by atoms with E-state index in [1.54, 1.807) is 0 Å². The second-order valence-corrected chi connectivity index (χ2v) is 6.98. The fourth-order valence-electron chi connectivity index (χ4n) is 2.77. The number of halogens is 1. The lowest BCUT2D eigenvalue weighted by Gasteiger charge is -2.17. The summed E-state index contributed by atoms with van der Waals surface area (Å²) in [6.07, 6.45) is 0. The van der Waals surface area contributed by atoms with Crippen molar-refractivity contribution < 1.29 is 29.6 Å². The highest BCUT2D eigenvalue weighted by molar-refractivity contribution is 6.31. The smallest absolute Gasteiger partial charge is 0.414 e. The summed E-state index contributed by atoms with van der Waals surface area (Å²) in [7, 11) is 2.03. The van der Waals surface area contributed by atoms with E-state index in [-0.39, 0.29) is 6.61 Å². The second kappa shape index (κ2) is 11.9. The van der Waals surface area contributed by atoms with Crippen molar-refractivity contribution >= 4 is 34.6 Å². The molecule has 0 spiro atoms. The summed E-state index contributed by atoms with van der Waals surface area (Å²) < 4.78 is 7.76. The van der Waals surface area contributed by atoms with Crippen molar-refractivity contribution in [3.05, 3.63) is 59.4 Å². The van der Waals surface area contributed by atoms with E-state index < -0.39 is 11.9 Å². The van der Waals surface area contributed by atoms with Gasteiger partial charge in [0.25, 0.3) is 0 Å². The highest BCUT2D eigenvalue weighted by Crippen LogP contribution is 2.21. The molecule has 0 radical (unpaired) electrons. The van der Waals surface area contributed by atoms with Crippen molar-refractivity contribution in [2.75, 3.05) is 26.8 Å². The maximum Gasteiger partial charge on any atom is 0.414 e. The predicted molar refractivity (Wildman–Crippen MR) is 115 cm³/mol. The van der Waals surface area contributed by atoms with E-state index in [2.05, 4.69) is 9.88 Å². The third kappa shape index (κ3) is 7.56. The summed E-state index contributed by atoms with van der Waals surface area (Å²) in [4.78, 5) is 25.0. The van der Waals surface area contributed by atoms with Gasteiger partial charge in [-0.1, -0.05) is 29.8 Å². The number of likely N-dealkylation sites (N-methyl/N-ethyl adjacent to an activating group) is 1. The fourth-order valence-corrected chi connectivity index (χ4v) is 2.94. The van der Waals surface area contributed by atoms with Gasteiger partial charge in [0.15, 0.2) is 0 Å². The van der Waals surface area contributed by atoms with Crippen LogP contribution in [0.3, 0.4) is 0 Å². The topological polar surface area (TPSA) is 125 Å².